The van der Waals surface area contributed by atoms with Crippen LogP contribution in [0.1, 0.15) is 36.6 Å². The summed E-state index contributed by atoms with van der Waals surface area (Å²) in [6, 6.07) is 15.2. The van der Waals surface area contributed by atoms with E-state index in [0.717, 1.165) is 28.8 Å². The first-order valence-corrected chi connectivity index (χ1v) is 8.08. The van der Waals surface area contributed by atoms with E-state index in [1.165, 1.54) is 11.1 Å². The maximum absolute atomic E-state index is 5.41. The summed E-state index contributed by atoms with van der Waals surface area (Å²) in [5, 5.41) is 3.55. The Hall–Kier alpha value is -1.32. The van der Waals surface area contributed by atoms with Gasteiger partial charge in [-0.05, 0) is 42.7 Å². The Kier molecular flexibility index (Phi) is 5.83. The Morgan fingerprint density at radius 2 is 1.86 bits per heavy atom. The second-order valence-electron chi connectivity index (χ2n) is 5.15. The Morgan fingerprint density at radius 1 is 1.14 bits per heavy atom. The molecule has 0 saturated heterocycles. The van der Waals surface area contributed by atoms with Gasteiger partial charge in [-0.2, -0.15) is 0 Å². The number of halogens is 1. The van der Waals surface area contributed by atoms with E-state index in [2.05, 4.69) is 65.4 Å². The molecule has 0 bridgehead atoms. The lowest BCUT2D eigenvalue weighted by Crippen LogP contribution is -2.18. The molecule has 0 heterocycles. The topological polar surface area (TPSA) is 21.3 Å². The number of nitrogens with one attached hydrogen (secondary N) is 1. The van der Waals surface area contributed by atoms with Gasteiger partial charge in [-0.1, -0.05) is 47.1 Å². The first kappa shape index (κ1) is 16.1. The van der Waals surface area contributed by atoms with Gasteiger partial charge in [0.1, 0.15) is 5.75 Å². The third-order valence-electron chi connectivity index (χ3n) is 3.73. The van der Waals surface area contributed by atoms with Crippen LogP contribution in [0.2, 0.25) is 0 Å². The van der Waals surface area contributed by atoms with Crippen LogP contribution < -0.4 is 10.1 Å². The SMILES string of the molecule is CCc1ccc(C(C)NCc2cc(Br)ccc2OC)cc1. The summed E-state index contributed by atoms with van der Waals surface area (Å²) in [6.07, 6.45) is 1.08. The molecule has 2 aromatic rings. The molecular weight excluding hydrogens is 326 g/mol. The third-order valence-corrected chi connectivity index (χ3v) is 4.22. The highest BCUT2D eigenvalue weighted by Crippen LogP contribution is 2.24. The number of aryl methyl sites for hydroxylation is 1. The van der Waals surface area contributed by atoms with E-state index in [-0.39, 0.29) is 0 Å². The highest BCUT2D eigenvalue weighted by atomic mass is 79.9. The molecule has 3 heteroatoms. The van der Waals surface area contributed by atoms with Gasteiger partial charge in [0, 0.05) is 22.6 Å². The molecule has 1 atom stereocenters. The molecule has 1 unspecified atom stereocenters. The van der Waals surface area contributed by atoms with Crippen molar-refractivity contribution in [1.82, 2.24) is 5.32 Å². The lowest BCUT2D eigenvalue weighted by atomic mass is 10.0. The number of methoxy groups -OCH3 is 1. The largest absolute Gasteiger partial charge is 0.496 e. The van der Waals surface area contributed by atoms with Crippen LogP contribution in [0.5, 0.6) is 5.75 Å². The van der Waals surface area contributed by atoms with Gasteiger partial charge in [0.05, 0.1) is 7.11 Å². The van der Waals surface area contributed by atoms with Crippen molar-refractivity contribution in [3.63, 3.8) is 0 Å². The molecule has 0 amide bonds. The smallest absolute Gasteiger partial charge is 0.123 e. The zero-order valence-corrected chi connectivity index (χ0v) is 14.4. The van der Waals surface area contributed by atoms with Crippen molar-refractivity contribution in [2.75, 3.05) is 7.11 Å². The van der Waals surface area contributed by atoms with Crippen LogP contribution in [0.4, 0.5) is 0 Å². The van der Waals surface area contributed by atoms with E-state index < -0.39 is 0 Å². The standard InChI is InChI=1S/C18H22BrNO/c1-4-14-5-7-15(8-6-14)13(2)20-12-16-11-17(19)9-10-18(16)21-3/h5-11,13,20H,4,12H2,1-3H3. The normalized spacial score (nSPS) is 12.2. The van der Waals surface area contributed by atoms with Gasteiger partial charge in [-0.3, -0.25) is 0 Å². The molecule has 2 nitrogen and oxygen atoms in total. The summed E-state index contributed by atoms with van der Waals surface area (Å²) in [5.41, 5.74) is 3.84. The Balaban J connectivity index is 2.03. The highest BCUT2D eigenvalue weighted by Gasteiger charge is 2.08. The lowest BCUT2D eigenvalue weighted by Gasteiger charge is -2.16. The second kappa shape index (κ2) is 7.62. The molecule has 2 rings (SSSR count). The number of ether oxygens (including phenoxy) is 1. The maximum Gasteiger partial charge on any atom is 0.123 e. The van der Waals surface area contributed by atoms with Crippen LogP contribution in [-0.4, -0.2) is 7.11 Å². The number of rotatable bonds is 6. The molecule has 0 aliphatic carbocycles. The molecule has 0 fully saturated rings. The van der Waals surface area contributed by atoms with Crippen molar-refractivity contribution < 1.29 is 4.74 Å². The highest BCUT2D eigenvalue weighted by molar-refractivity contribution is 9.10. The van der Waals surface area contributed by atoms with Gasteiger partial charge >= 0.3 is 0 Å². The zero-order chi connectivity index (χ0) is 15.2. The minimum atomic E-state index is 0.305. The molecule has 0 aromatic heterocycles. The fraction of sp³-hybridized carbons (Fsp3) is 0.333. The van der Waals surface area contributed by atoms with Crippen molar-refractivity contribution >= 4 is 15.9 Å². The second-order valence-corrected chi connectivity index (χ2v) is 6.07. The van der Waals surface area contributed by atoms with E-state index in [0.29, 0.717) is 6.04 Å². The first-order chi connectivity index (χ1) is 10.1. The summed E-state index contributed by atoms with van der Waals surface area (Å²) in [5.74, 6) is 0.916. The van der Waals surface area contributed by atoms with Crippen molar-refractivity contribution in [1.29, 1.82) is 0 Å². The van der Waals surface area contributed by atoms with E-state index in [1.54, 1.807) is 7.11 Å². The average molecular weight is 348 g/mol. The van der Waals surface area contributed by atoms with Gasteiger partial charge < -0.3 is 10.1 Å². The lowest BCUT2D eigenvalue weighted by molar-refractivity contribution is 0.406. The molecular formula is C18H22BrNO. The van der Waals surface area contributed by atoms with Crippen LogP contribution in [0.15, 0.2) is 46.9 Å². The van der Waals surface area contributed by atoms with E-state index in [1.807, 2.05) is 12.1 Å². The number of hydrogen-bond acceptors (Lipinski definition) is 2. The molecule has 0 aliphatic rings. The molecule has 0 spiro atoms. The molecule has 21 heavy (non-hydrogen) atoms. The Morgan fingerprint density at radius 3 is 2.48 bits per heavy atom. The Labute approximate surface area is 135 Å². The van der Waals surface area contributed by atoms with Crippen LogP contribution in [0.25, 0.3) is 0 Å². The third kappa shape index (κ3) is 4.32. The van der Waals surface area contributed by atoms with Crippen molar-refractivity contribution in [3.05, 3.63) is 63.6 Å². The fourth-order valence-corrected chi connectivity index (χ4v) is 2.72. The summed E-state index contributed by atoms with van der Waals surface area (Å²) in [7, 11) is 1.71. The van der Waals surface area contributed by atoms with Crippen LogP contribution in [0.3, 0.4) is 0 Å². The van der Waals surface area contributed by atoms with Gasteiger partial charge in [-0.15, -0.1) is 0 Å². The van der Waals surface area contributed by atoms with Crippen molar-refractivity contribution in [2.24, 2.45) is 0 Å². The fourth-order valence-electron chi connectivity index (χ4n) is 2.31. The van der Waals surface area contributed by atoms with E-state index in [9.17, 15) is 0 Å². The summed E-state index contributed by atoms with van der Waals surface area (Å²) in [6.45, 7) is 5.14. The predicted molar refractivity (Wildman–Crippen MR) is 91.8 cm³/mol. The van der Waals surface area contributed by atoms with E-state index in [4.69, 9.17) is 4.74 Å². The predicted octanol–water partition coefficient (Wildman–Crippen LogP) is 4.87. The summed E-state index contributed by atoms with van der Waals surface area (Å²) < 4.78 is 6.48. The summed E-state index contributed by atoms with van der Waals surface area (Å²) in [4.78, 5) is 0. The molecule has 1 N–H and O–H groups in total. The number of hydrogen-bond donors (Lipinski definition) is 1. The van der Waals surface area contributed by atoms with E-state index >= 15 is 0 Å². The van der Waals surface area contributed by atoms with Crippen LogP contribution >= 0.6 is 15.9 Å². The first-order valence-electron chi connectivity index (χ1n) is 7.28. The summed E-state index contributed by atoms with van der Waals surface area (Å²) >= 11 is 3.51. The number of benzene rings is 2. The average Bonchev–Trinajstić information content (AvgIpc) is 2.52. The van der Waals surface area contributed by atoms with Crippen LogP contribution in [-0.2, 0) is 13.0 Å². The van der Waals surface area contributed by atoms with Crippen molar-refractivity contribution in [2.45, 2.75) is 32.9 Å². The zero-order valence-electron chi connectivity index (χ0n) is 12.8. The molecule has 0 saturated carbocycles. The monoisotopic (exact) mass is 347 g/mol. The maximum atomic E-state index is 5.41. The van der Waals surface area contributed by atoms with Gasteiger partial charge in [0.2, 0.25) is 0 Å². The quantitative estimate of drug-likeness (QED) is 0.804. The molecule has 0 aliphatic heterocycles. The minimum Gasteiger partial charge on any atom is -0.496 e. The molecule has 0 radical (unpaired) electrons. The molecule has 112 valence electrons. The van der Waals surface area contributed by atoms with Crippen LogP contribution in [0, 0.1) is 0 Å². The molecule has 2 aromatic carbocycles. The van der Waals surface area contributed by atoms with Gasteiger partial charge in [0.15, 0.2) is 0 Å². The minimum absolute atomic E-state index is 0.305. The van der Waals surface area contributed by atoms with Gasteiger partial charge in [-0.25, -0.2) is 0 Å². The van der Waals surface area contributed by atoms with Crippen molar-refractivity contribution in [3.8, 4) is 5.75 Å². The van der Waals surface area contributed by atoms with Gasteiger partial charge in [0.25, 0.3) is 0 Å². The Bertz CT molecular complexity index is 580.